The van der Waals surface area contributed by atoms with Gasteiger partial charge in [0.05, 0.1) is 42.2 Å². The number of aliphatic hydroxyl groups excluding tert-OH is 1. The zero-order valence-electron chi connectivity index (χ0n) is 47.4. The summed E-state index contributed by atoms with van der Waals surface area (Å²) in [6.07, 6.45) is -9.28. The molecule has 7 rings (SSSR count). The summed E-state index contributed by atoms with van der Waals surface area (Å²) in [4.78, 5) is 125. The molecule has 0 unspecified atom stereocenters. The number of ketones is 4. The Morgan fingerprint density at radius 1 is 0.790 bits per heavy atom. The fourth-order valence-electron chi connectivity index (χ4n) is 12.7. The monoisotopic (exact) mass is 1120 g/mol. The highest BCUT2D eigenvalue weighted by Gasteiger charge is 2.78. The van der Waals surface area contributed by atoms with Crippen molar-refractivity contribution in [3.05, 3.63) is 119 Å². The number of carbonyl (C=O) groups is 9. The van der Waals surface area contributed by atoms with Gasteiger partial charge in [-0.25, -0.2) is 9.59 Å². The van der Waals surface area contributed by atoms with Gasteiger partial charge in [0, 0.05) is 62.8 Å². The van der Waals surface area contributed by atoms with E-state index in [4.69, 9.17) is 28.4 Å². The smallest absolute Gasteiger partial charge is 0.348 e. The van der Waals surface area contributed by atoms with Gasteiger partial charge in [-0.2, -0.15) is 0 Å². The molecule has 0 spiro atoms. The van der Waals surface area contributed by atoms with E-state index in [-0.39, 0.29) is 79.6 Å². The average molecular weight is 1120 g/mol. The van der Waals surface area contributed by atoms with Crippen LogP contribution in [0.1, 0.15) is 138 Å². The molecular formula is C62H76N2O17. The maximum absolute atomic E-state index is 15.8. The summed E-state index contributed by atoms with van der Waals surface area (Å²) in [5, 5.41) is 32.4. The molecule has 4 aliphatic rings. The number of fused-ring (bicyclic) bond motifs is 5. The van der Waals surface area contributed by atoms with Crippen LogP contribution in [-0.4, -0.2) is 144 Å². The van der Waals surface area contributed by atoms with Crippen LogP contribution in [0, 0.1) is 16.7 Å². The fourth-order valence-corrected chi connectivity index (χ4v) is 12.7. The Hall–Kier alpha value is -6.77. The van der Waals surface area contributed by atoms with Crippen LogP contribution in [0.25, 0.3) is 0 Å². The number of hydrogen-bond donors (Lipinski definition) is 4. The predicted molar refractivity (Wildman–Crippen MR) is 292 cm³/mol. The quantitative estimate of drug-likeness (QED) is 0.0255. The molecule has 3 aromatic rings. The van der Waals surface area contributed by atoms with Crippen molar-refractivity contribution in [2.24, 2.45) is 16.7 Å². The van der Waals surface area contributed by atoms with Crippen LogP contribution in [0.3, 0.4) is 0 Å². The highest BCUT2D eigenvalue weighted by atomic mass is 16.6. The minimum atomic E-state index is -2.48. The molecule has 0 radical (unpaired) electrons. The summed E-state index contributed by atoms with van der Waals surface area (Å²) in [6.45, 7) is 9.99. The van der Waals surface area contributed by atoms with E-state index in [9.17, 15) is 43.8 Å². The first-order valence-corrected chi connectivity index (χ1v) is 27.7. The lowest BCUT2D eigenvalue weighted by Gasteiger charge is -2.67. The van der Waals surface area contributed by atoms with Gasteiger partial charge in [-0.05, 0) is 82.5 Å². The Labute approximate surface area is 472 Å². The number of likely N-dealkylation sites (N-methyl/N-ethyl adjacent to an activating group) is 1. The number of carbonyl (C=O) groups excluding carboxylic acids is 9. The SMILES string of the molecule is CN[C@H](CCCCNCC(=O)CCCC(=O)O[C@@H](C(=O)O[C@H]1C[C@@]2(O)[C@@H](OC(=O)c3ccccc3)[C@@H]3[C@]4(OC(C)=O)CO[C@@H]4C[C@H](O)[C@@]3(C)C(=O)[C@H](OC(C)=O)C(=C1C)C2(C)C)[C@@H](CC(=O)c1ccccc1)c1ccccc1)C(C)=O. The van der Waals surface area contributed by atoms with E-state index < -0.39 is 118 Å². The highest BCUT2D eigenvalue weighted by Crippen LogP contribution is 2.64. The summed E-state index contributed by atoms with van der Waals surface area (Å²) >= 11 is 0. The third-order valence-corrected chi connectivity index (χ3v) is 17.1. The Kier molecular flexibility index (Phi) is 19.8. The molecule has 0 aromatic heterocycles. The van der Waals surface area contributed by atoms with Gasteiger partial charge < -0.3 is 49.3 Å². The van der Waals surface area contributed by atoms with Crippen LogP contribution in [-0.2, 0) is 62.0 Å². The van der Waals surface area contributed by atoms with Crippen LogP contribution >= 0.6 is 0 Å². The number of nitrogens with one attached hydrogen (secondary N) is 2. The van der Waals surface area contributed by atoms with E-state index in [1.807, 2.05) is 0 Å². The minimum Gasteiger partial charge on any atom is -0.455 e. The first-order chi connectivity index (χ1) is 38.4. The van der Waals surface area contributed by atoms with Crippen LogP contribution in [0.15, 0.2) is 102 Å². The van der Waals surface area contributed by atoms with Gasteiger partial charge in [0.2, 0.25) is 6.10 Å². The zero-order chi connectivity index (χ0) is 59.0. The van der Waals surface area contributed by atoms with E-state index in [0.29, 0.717) is 24.1 Å². The number of esters is 5. The van der Waals surface area contributed by atoms with Crippen molar-refractivity contribution in [2.45, 2.75) is 166 Å². The van der Waals surface area contributed by atoms with Crippen molar-refractivity contribution >= 4 is 53.0 Å². The normalized spacial score (nSPS) is 27.5. The van der Waals surface area contributed by atoms with Crippen molar-refractivity contribution in [1.82, 2.24) is 10.6 Å². The van der Waals surface area contributed by atoms with Gasteiger partial charge >= 0.3 is 29.8 Å². The van der Waals surface area contributed by atoms with Gasteiger partial charge in [0.25, 0.3) is 0 Å². The fraction of sp³-hybridized carbons (Fsp3) is 0.532. The molecule has 2 saturated carbocycles. The Morgan fingerprint density at radius 3 is 2.00 bits per heavy atom. The Morgan fingerprint density at radius 2 is 1.42 bits per heavy atom. The van der Waals surface area contributed by atoms with Crippen molar-refractivity contribution in [2.75, 3.05) is 26.7 Å². The van der Waals surface area contributed by atoms with E-state index >= 15 is 9.59 Å². The molecule has 3 aliphatic carbocycles. The number of rotatable bonds is 25. The van der Waals surface area contributed by atoms with Gasteiger partial charge in [-0.1, -0.05) is 99.1 Å². The second-order valence-corrected chi connectivity index (χ2v) is 22.6. The highest BCUT2D eigenvalue weighted by molar-refractivity contribution is 5.98. The number of hydrogen-bond acceptors (Lipinski definition) is 19. The van der Waals surface area contributed by atoms with Crippen LogP contribution in [0.2, 0.25) is 0 Å². The molecule has 436 valence electrons. The van der Waals surface area contributed by atoms with Crippen LogP contribution in [0.5, 0.6) is 0 Å². The first-order valence-electron chi connectivity index (χ1n) is 27.7. The molecule has 19 heteroatoms. The lowest BCUT2D eigenvalue weighted by molar-refractivity contribution is -0.346. The molecule has 19 nitrogen and oxygen atoms in total. The number of benzene rings is 3. The number of unbranched alkanes of at least 4 members (excludes halogenated alkanes) is 1. The molecule has 2 bridgehead atoms. The van der Waals surface area contributed by atoms with Crippen molar-refractivity contribution in [1.29, 1.82) is 0 Å². The second kappa shape index (κ2) is 26.0. The average Bonchev–Trinajstić information content (AvgIpc) is 2.21. The predicted octanol–water partition coefficient (Wildman–Crippen LogP) is 5.85. The zero-order valence-corrected chi connectivity index (χ0v) is 47.4. The topological polar surface area (TPSA) is 274 Å². The van der Waals surface area contributed by atoms with E-state index in [1.54, 1.807) is 99.8 Å². The molecule has 0 amide bonds. The lowest BCUT2D eigenvalue weighted by Crippen LogP contribution is -2.82. The summed E-state index contributed by atoms with van der Waals surface area (Å²) in [7, 11) is 1.73. The van der Waals surface area contributed by atoms with Crippen molar-refractivity contribution < 1.29 is 81.8 Å². The molecule has 1 saturated heterocycles. The standard InChI is InChI=1S/C62H76N2O17/c1-36-47(78-58(74)52(44(40-21-12-9-13-22-40)31-46(69)41-23-14-10-15-24-41)79-50(71)29-20-27-43(68)34-64-30-19-18-28-45(63-8)37(2)65)33-62(75)56(80-57(73)42-25-16-11-17-26-42)54-60(7,48(70)32-49-61(54,35-76-49)81-39(4)67)55(72)53(77-38(3)66)51(36)59(62,5)6/h9-17,21-26,44-45,47-49,52-54,56,63-64,70,75H,18-20,27-35H2,1-8H3/t44-,45+,47-,48-,49+,52+,53+,54-,56-,60+,61-,62+/m0/s1. The molecule has 3 fully saturated rings. The first kappa shape index (κ1) is 61.8. The van der Waals surface area contributed by atoms with Crippen molar-refractivity contribution in [3.63, 3.8) is 0 Å². The van der Waals surface area contributed by atoms with E-state index in [2.05, 4.69) is 10.6 Å². The number of aliphatic hydroxyl groups is 2. The third-order valence-electron chi connectivity index (χ3n) is 17.1. The van der Waals surface area contributed by atoms with Gasteiger partial charge in [-0.3, -0.25) is 33.6 Å². The molecular weight excluding hydrogens is 1040 g/mol. The maximum Gasteiger partial charge on any atom is 0.348 e. The summed E-state index contributed by atoms with van der Waals surface area (Å²) in [6, 6.07) is 24.3. The van der Waals surface area contributed by atoms with Gasteiger partial charge in [-0.15, -0.1) is 0 Å². The maximum atomic E-state index is 15.8. The molecule has 3 aromatic carbocycles. The molecule has 12 atom stereocenters. The summed E-state index contributed by atoms with van der Waals surface area (Å²) < 4.78 is 37.1. The summed E-state index contributed by atoms with van der Waals surface area (Å²) in [5.41, 5.74) is -7.32. The Bertz CT molecular complexity index is 2860. The van der Waals surface area contributed by atoms with E-state index in [1.165, 1.54) is 32.9 Å². The van der Waals surface area contributed by atoms with Gasteiger partial charge in [0.15, 0.2) is 23.3 Å². The minimum absolute atomic E-state index is 0.0118. The van der Waals surface area contributed by atoms with E-state index in [0.717, 1.165) is 26.7 Å². The van der Waals surface area contributed by atoms with Crippen LogP contribution < -0.4 is 10.6 Å². The number of Topliss-reactive ketones (excluding diaryl/α,β-unsaturated/α-hetero) is 4. The summed E-state index contributed by atoms with van der Waals surface area (Å²) in [5.74, 6) is -9.01. The van der Waals surface area contributed by atoms with Crippen molar-refractivity contribution in [3.8, 4) is 0 Å². The molecule has 4 N–H and O–H groups in total. The van der Waals surface area contributed by atoms with Crippen LogP contribution in [0.4, 0.5) is 0 Å². The largest absolute Gasteiger partial charge is 0.455 e. The second-order valence-electron chi connectivity index (χ2n) is 22.6. The van der Waals surface area contributed by atoms with Gasteiger partial charge in [0.1, 0.15) is 35.5 Å². The lowest BCUT2D eigenvalue weighted by atomic mass is 9.44. The molecule has 1 heterocycles. The third kappa shape index (κ3) is 13.0. The Balaban J connectivity index is 1.28. The molecule has 1 aliphatic heterocycles. The number of ether oxygens (including phenoxy) is 6. The molecule has 81 heavy (non-hydrogen) atoms.